The standard InChI is InChI=1S/C15H17F3N4O2/c1-10(2)13(7-22-9-19-8-20-22)21-14(23)11-4-3-5-12(6-11)24-15(16,17)18/h3-6,8-10,13H,7H2,1-2H3,(H,21,23). The van der Waals surface area contributed by atoms with Crippen LogP contribution in [0, 0.1) is 5.92 Å². The molecule has 2 rings (SSSR count). The second kappa shape index (κ2) is 7.33. The van der Waals surface area contributed by atoms with Gasteiger partial charge in [-0.1, -0.05) is 19.9 Å². The van der Waals surface area contributed by atoms with Gasteiger partial charge in [-0.2, -0.15) is 5.10 Å². The van der Waals surface area contributed by atoms with E-state index in [9.17, 15) is 18.0 Å². The molecule has 0 aliphatic rings. The second-order valence-electron chi connectivity index (χ2n) is 5.52. The molecule has 1 atom stereocenters. The molecule has 1 aromatic heterocycles. The first kappa shape index (κ1) is 17.8. The molecule has 0 fully saturated rings. The van der Waals surface area contributed by atoms with Crippen LogP contribution in [0.25, 0.3) is 0 Å². The van der Waals surface area contributed by atoms with Crippen LogP contribution in [0.2, 0.25) is 0 Å². The molecule has 0 aliphatic carbocycles. The quantitative estimate of drug-likeness (QED) is 0.876. The SMILES string of the molecule is CC(C)C(Cn1cncn1)NC(=O)c1cccc(OC(F)(F)F)c1. The topological polar surface area (TPSA) is 69.0 Å². The van der Waals surface area contributed by atoms with E-state index in [-0.39, 0.29) is 17.5 Å². The van der Waals surface area contributed by atoms with Crippen LogP contribution in [0.1, 0.15) is 24.2 Å². The summed E-state index contributed by atoms with van der Waals surface area (Å²) in [6, 6.07) is 4.68. The van der Waals surface area contributed by atoms with Crippen LogP contribution in [-0.2, 0) is 6.54 Å². The number of nitrogens with zero attached hydrogens (tertiary/aromatic N) is 3. The third-order valence-electron chi connectivity index (χ3n) is 3.30. The molecule has 1 aromatic carbocycles. The molecule has 1 unspecified atom stereocenters. The predicted octanol–water partition coefficient (Wildman–Crippen LogP) is 2.63. The molecule has 130 valence electrons. The van der Waals surface area contributed by atoms with Gasteiger partial charge in [-0.3, -0.25) is 9.48 Å². The summed E-state index contributed by atoms with van der Waals surface area (Å²) >= 11 is 0. The lowest BCUT2D eigenvalue weighted by atomic mass is 10.0. The first-order valence-electron chi connectivity index (χ1n) is 7.23. The van der Waals surface area contributed by atoms with Gasteiger partial charge in [0.05, 0.1) is 12.6 Å². The fourth-order valence-electron chi connectivity index (χ4n) is 2.04. The van der Waals surface area contributed by atoms with Crippen molar-refractivity contribution in [1.82, 2.24) is 20.1 Å². The third kappa shape index (κ3) is 5.25. The minimum absolute atomic E-state index is 0.0843. The van der Waals surface area contributed by atoms with Gasteiger partial charge in [0.25, 0.3) is 5.91 Å². The number of ether oxygens (including phenoxy) is 1. The summed E-state index contributed by atoms with van der Waals surface area (Å²) in [5.41, 5.74) is 0.0843. The Morgan fingerprint density at radius 2 is 2.12 bits per heavy atom. The number of alkyl halides is 3. The van der Waals surface area contributed by atoms with Crippen LogP contribution in [0.3, 0.4) is 0 Å². The fraction of sp³-hybridized carbons (Fsp3) is 0.400. The maximum absolute atomic E-state index is 12.3. The van der Waals surface area contributed by atoms with Gasteiger partial charge in [0.1, 0.15) is 18.4 Å². The van der Waals surface area contributed by atoms with Crippen LogP contribution in [0.15, 0.2) is 36.9 Å². The minimum Gasteiger partial charge on any atom is -0.406 e. The summed E-state index contributed by atoms with van der Waals surface area (Å²) in [5, 5.41) is 6.78. The van der Waals surface area contributed by atoms with E-state index in [1.54, 1.807) is 4.68 Å². The van der Waals surface area contributed by atoms with Crippen molar-refractivity contribution in [2.45, 2.75) is 32.8 Å². The molecular weight excluding hydrogens is 325 g/mol. The van der Waals surface area contributed by atoms with E-state index in [0.29, 0.717) is 6.54 Å². The Balaban J connectivity index is 2.08. The van der Waals surface area contributed by atoms with Crippen molar-refractivity contribution in [2.24, 2.45) is 5.92 Å². The molecule has 1 heterocycles. The lowest BCUT2D eigenvalue weighted by Crippen LogP contribution is -2.41. The van der Waals surface area contributed by atoms with E-state index >= 15 is 0 Å². The van der Waals surface area contributed by atoms with E-state index in [2.05, 4.69) is 20.1 Å². The smallest absolute Gasteiger partial charge is 0.406 e. The van der Waals surface area contributed by atoms with Gasteiger partial charge in [-0.05, 0) is 24.1 Å². The molecule has 0 bridgehead atoms. The molecule has 0 saturated heterocycles. The molecule has 0 aliphatic heterocycles. The molecule has 1 N–H and O–H groups in total. The number of aromatic nitrogens is 3. The molecule has 9 heteroatoms. The van der Waals surface area contributed by atoms with Crippen molar-refractivity contribution < 1.29 is 22.7 Å². The van der Waals surface area contributed by atoms with Gasteiger partial charge < -0.3 is 10.1 Å². The average molecular weight is 342 g/mol. The summed E-state index contributed by atoms with van der Waals surface area (Å²) in [5.74, 6) is -0.832. The highest BCUT2D eigenvalue weighted by Crippen LogP contribution is 2.23. The zero-order valence-electron chi connectivity index (χ0n) is 13.1. The number of benzene rings is 1. The predicted molar refractivity (Wildman–Crippen MR) is 79.2 cm³/mol. The maximum atomic E-state index is 12.3. The highest BCUT2D eigenvalue weighted by molar-refractivity contribution is 5.94. The van der Waals surface area contributed by atoms with Gasteiger partial charge in [-0.15, -0.1) is 13.2 Å². The van der Waals surface area contributed by atoms with Gasteiger partial charge in [0.2, 0.25) is 0 Å². The van der Waals surface area contributed by atoms with Crippen LogP contribution in [0.4, 0.5) is 13.2 Å². The zero-order valence-corrected chi connectivity index (χ0v) is 13.1. The first-order chi connectivity index (χ1) is 11.2. The highest BCUT2D eigenvalue weighted by atomic mass is 19.4. The van der Waals surface area contributed by atoms with Crippen molar-refractivity contribution in [3.63, 3.8) is 0 Å². The molecule has 2 aromatic rings. The van der Waals surface area contributed by atoms with Crippen molar-refractivity contribution in [3.05, 3.63) is 42.5 Å². The first-order valence-corrected chi connectivity index (χ1v) is 7.23. The molecule has 1 amide bonds. The van der Waals surface area contributed by atoms with Gasteiger partial charge in [-0.25, -0.2) is 4.98 Å². The van der Waals surface area contributed by atoms with E-state index in [0.717, 1.165) is 12.1 Å². The third-order valence-corrected chi connectivity index (χ3v) is 3.30. The van der Waals surface area contributed by atoms with Crippen molar-refractivity contribution in [2.75, 3.05) is 0 Å². The number of hydrogen-bond donors (Lipinski definition) is 1. The van der Waals surface area contributed by atoms with Crippen molar-refractivity contribution in [3.8, 4) is 5.75 Å². The van der Waals surface area contributed by atoms with Crippen LogP contribution in [-0.4, -0.2) is 33.1 Å². The summed E-state index contributed by atoms with van der Waals surface area (Å²) in [4.78, 5) is 16.1. The Morgan fingerprint density at radius 3 is 2.71 bits per heavy atom. The average Bonchev–Trinajstić information content (AvgIpc) is 2.98. The maximum Gasteiger partial charge on any atom is 0.573 e. The molecular formula is C15H17F3N4O2. The Morgan fingerprint density at radius 1 is 1.38 bits per heavy atom. The number of rotatable bonds is 6. The summed E-state index contributed by atoms with van der Waals surface area (Å²) in [7, 11) is 0. The van der Waals surface area contributed by atoms with Gasteiger partial charge in [0.15, 0.2) is 0 Å². The van der Waals surface area contributed by atoms with Gasteiger partial charge >= 0.3 is 6.36 Å². The normalized spacial score (nSPS) is 12.9. The van der Waals surface area contributed by atoms with Crippen molar-refractivity contribution >= 4 is 5.91 Å². The monoisotopic (exact) mass is 342 g/mol. The summed E-state index contributed by atoms with van der Waals surface area (Å²) < 4.78 is 42.2. The van der Waals surface area contributed by atoms with Crippen LogP contribution in [0.5, 0.6) is 5.75 Å². The Kier molecular flexibility index (Phi) is 5.42. The van der Waals surface area contributed by atoms with Gasteiger partial charge in [0, 0.05) is 5.56 Å². The number of carbonyl (C=O) groups is 1. The Labute approximate surface area is 136 Å². The van der Waals surface area contributed by atoms with Crippen LogP contribution < -0.4 is 10.1 Å². The van der Waals surface area contributed by atoms with E-state index < -0.39 is 18.0 Å². The summed E-state index contributed by atoms with van der Waals surface area (Å²) in [6.45, 7) is 4.25. The van der Waals surface area contributed by atoms with E-state index in [1.165, 1.54) is 24.8 Å². The Hall–Kier alpha value is -2.58. The molecule has 0 radical (unpaired) electrons. The molecule has 0 saturated carbocycles. The number of carbonyl (C=O) groups excluding carboxylic acids is 1. The molecule has 0 spiro atoms. The number of nitrogens with one attached hydrogen (secondary N) is 1. The lowest BCUT2D eigenvalue weighted by molar-refractivity contribution is -0.274. The van der Waals surface area contributed by atoms with Crippen molar-refractivity contribution in [1.29, 1.82) is 0 Å². The number of hydrogen-bond acceptors (Lipinski definition) is 4. The van der Waals surface area contributed by atoms with E-state index in [4.69, 9.17) is 0 Å². The Bertz CT molecular complexity index is 672. The number of amides is 1. The van der Waals surface area contributed by atoms with E-state index in [1.807, 2.05) is 13.8 Å². The lowest BCUT2D eigenvalue weighted by Gasteiger charge is -2.22. The minimum atomic E-state index is -4.80. The molecule has 24 heavy (non-hydrogen) atoms. The zero-order chi connectivity index (χ0) is 17.7. The highest BCUT2D eigenvalue weighted by Gasteiger charge is 2.31. The molecule has 6 nitrogen and oxygen atoms in total. The van der Waals surface area contributed by atoms with Crippen LogP contribution >= 0.6 is 0 Å². The fourth-order valence-corrected chi connectivity index (χ4v) is 2.04. The largest absolute Gasteiger partial charge is 0.573 e. The second-order valence-corrected chi connectivity index (χ2v) is 5.52. The number of halogens is 3. The summed E-state index contributed by atoms with van der Waals surface area (Å²) in [6.07, 6.45) is -1.89.